The SMILES string of the molecule is Cc1cc2ncc(C(C)NC3CCN(C)C3)c(C)n2n1. The van der Waals surface area contributed by atoms with Gasteiger partial charge in [-0.15, -0.1) is 0 Å². The molecule has 2 unspecified atom stereocenters. The first-order valence-corrected chi connectivity index (χ1v) is 7.31. The zero-order chi connectivity index (χ0) is 14.3. The van der Waals surface area contributed by atoms with Crippen molar-refractivity contribution < 1.29 is 0 Å². The number of nitrogens with one attached hydrogen (secondary N) is 1. The lowest BCUT2D eigenvalue weighted by Gasteiger charge is -2.21. The number of aromatic nitrogens is 3. The van der Waals surface area contributed by atoms with E-state index in [1.807, 2.05) is 23.7 Å². The third kappa shape index (κ3) is 2.43. The van der Waals surface area contributed by atoms with Crippen LogP contribution in [0, 0.1) is 13.8 Å². The van der Waals surface area contributed by atoms with Gasteiger partial charge in [0.1, 0.15) is 0 Å². The Morgan fingerprint density at radius 3 is 2.90 bits per heavy atom. The Labute approximate surface area is 120 Å². The van der Waals surface area contributed by atoms with Gasteiger partial charge in [0.15, 0.2) is 5.65 Å². The molecular formula is C15H23N5. The van der Waals surface area contributed by atoms with E-state index in [-0.39, 0.29) is 0 Å². The summed E-state index contributed by atoms with van der Waals surface area (Å²) in [6, 6.07) is 2.89. The monoisotopic (exact) mass is 273 g/mol. The molecule has 1 aliphatic heterocycles. The highest BCUT2D eigenvalue weighted by Crippen LogP contribution is 2.20. The van der Waals surface area contributed by atoms with E-state index in [9.17, 15) is 0 Å². The van der Waals surface area contributed by atoms with Crippen molar-refractivity contribution in [3.63, 3.8) is 0 Å². The number of likely N-dealkylation sites (N-methyl/N-ethyl adjacent to an activating group) is 1. The number of fused-ring (bicyclic) bond motifs is 1. The standard InChI is InChI=1S/C15H23N5/c1-10-7-15-16-8-14(12(3)20(15)18-10)11(2)17-13-5-6-19(4)9-13/h7-8,11,13,17H,5-6,9H2,1-4H3. The summed E-state index contributed by atoms with van der Waals surface area (Å²) in [4.78, 5) is 6.89. The van der Waals surface area contributed by atoms with Crippen LogP contribution in [0.3, 0.4) is 0 Å². The quantitative estimate of drug-likeness (QED) is 0.924. The Bertz CT molecular complexity index is 618. The summed E-state index contributed by atoms with van der Waals surface area (Å²) < 4.78 is 1.95. The predicted molar refractivity (Wildman–Crippen MR) is 79.9 cm³/mol. The second-order valence-electron chi connectivity index (χ2n) is 5.99. The van der Waals surface area contributed by atoms with E-state index >= 15 is 0 Å². The van der Waals surface area contributed by atoms with Crippen molar-refractivity contribution in [1.82, 2.24) is 24.8 Å². The lowest BCUT2D eigenvalue weighted by molar-refractivity contribution is 0.386. The summed E-state index contributed by atoms with van der Waals surface area (Å²) in [7, 11) is 2.18. The number of hydrogen-bond acceptors (Lipinski definition) is 4. The van der Waals surface area contributed by atoms with Gasteiger partial charge in [0.05, 0.1) is 5.69 Å². The first-order chi connectivity index (χ1) is 9.54. The molecule has 2 aromatic rings. The minimum absolute atomic E-state index is 0.299. The zero-order valence-corrected chi connectivity index (χ0v) is 12.7. The van der Waals surface area contributed by atoms with E-state index in [2.05, 4.69) is 41.2 Å². The number of nitrogens with zero attached hydrogens (tertiary/aromatic N) is 4. The lowest BCUT2D eigenvalue weighted by Crippen LogP contribution is -2.34. The van der Waals surface area contributed by atoms with Crippen LogP contribution < -0.4 is 5.32 Å². The van der Waals surface area contributed by atoms with Crippen molar-refractivity contribution in [2.24, 2.45) is 0 Å². The van der Waals surface area contributed by atoms with Crippen molar-refractivity contribution in [1.29, 1.82) is 0 Å². The molecule has 0 saturated carbocycles. The van der Waals surface area contributed by atoms with Crippen molar-refractivity contribution in [3.05, 3.63) is 29.2 Å². The second kappa shape index (κ2) is 5.14. The number of hydrogen-bond donors (Lipinski definition) is 1. The van der Waals surface area contributed by atoms with Crippen molar-refractivity contribution >= 4 is 5.65 Å². The topological polar surface area (TPSA) is 45.5 Å². The van der Waals surface area contributed by atoms with E-state index in [1.165, 1.54) is 24.2 Å². The van der Waals surface area contributed by atoms with E-state index in [4.69, 9.17) is 0 Å². The fourth-order valence-corrected chi connectivity index (χ4v) is 3.12. The first kappa shape index (κ1) is 13.5. The van der Waals surface area contributed by atoms with Crippen LogP contribution in [0.25, 0.3) is 5.65 Å². The normalized spacial score (nSPS) is 21.7. The summed E-state index contributed by atoms with van der Waals surface area (Å²) in [5, 5.41) is 8.23. The molecular weight excluding hydrogens is 250 g/mol. The summed E-state index contributed by atoms with van der Waals surface area (Å²) in [5.41, 5.74) is 4.34. The molecule has 5 heteroatoms. The van der Waals surface area contributed by atoms with Gasteiger partial charge in [-0.3, -0.25) is 0 Å². The number of likely N-dealkylation sites (tertiary alicyclic amines) is 1. The molecule has 0 aromatic carbocycles. The van der Waals surface area contributed by atoms with E-state index in [1.54, 1.807) is 0 Å². The molecule has 2 aromatic heterocycles. The number of aryl methyl sites for hydroxylation is 2. The van der Waals surface area contributed by atoms with E-state index in [0.29, 0.717) is 12.1 Å². The molecule has 108 valence electrons. The number of rotatable bonds is 3. The van der Waals surface area contributed by atoms with Gasteiger partial charge in [0.2, 0.25) is 0 Å². The Morgan fingerprint density at radius 2 is 2.20 bits per heavy atom. The maximum Gasteiger partial charge on any atom is 0.155 e. The van der Waals surface area contributed by atoms with Gasteiger partial charge in [-0.05, 0) is 40.8 Å². The summed E-state index contributed by atoms with van der Waals surface area (Å²) in [6.45, 7) is 8.64. The molecule has 0 amide bonds. The van der Waals surface area contributed by atoms with Crippen LogP contribution in [0.5, 0.6) is 0 Å². The molecule has 1 fully saturated rings. The molecule has 0 aliphatic carbocycles. The van der Waals surface area contributed by atoms with Crippen LogP contribution in [0.1, 0.15) is 36.3 Å². The fraction of sp³-hybridized carbons (Fsp3) is 0.600. The molecule has 0 spiro atoms. The maximum absolute atomic E-state index is 4.52. The fourth-order valence-electron chi connectivity index (χ4n) is 3.12. The smallest absolute Gasteiger partial charge is 0.155 e. The van der Waals surface area contributed by atoms with Crippen LogP contribution in [0.15, 0.2) is 12.3 Å². The molecule has 20 heavy (non-hydrogen) atoms. The predicted octanol–water partition coefficient (Wildman–Crippen LogP) is 1.70. The van der Waals surface area contributed by atoms with Crippen LogP contribution in [-0.2, 0) is 0 Å². The van der Waals surface area contributed by atoms with E-state index < -0.39 is 0 Å². The largest absolute Gasteiger partial charge is 0.306 e. The Balaban J connectivity index is 1.83. The van der Waals surface area contributed by atoms with Crippen molar-refractivity contribution in [2.75, 3.05) is 20.1 Å². The molecule has 1 aliphatic rings. The van der Waals surface area contributed by atoms with Gasteiger partial charge in [-0.1, -0.05) is 0 Å². The molecule has 3 heterocycles. The van der Waals surface area contributed by atoms with Crippen LogP contribution in [0.2, 0.25) is 0 Å². The Kier molecular flexibility index (Phi) is 3.48. The molecule has 5 nitrogen and oxygen atoms in total. The van der Waals surface area contributed by atoms with Crippen molar-refractivity contribution in [3.8, 4) is 0 Å². The highest BCUT2D eigenvalue weighted by molar-refractivity contribution is 5.42. The highest BCUT2D eigenvalue weighted by Gasteiger charge is 2.22. The molecule has 2 atom stereocenters. The molecule has 3 rings (SSSR count). The zero-order valence-electron chi connectivity index (χ0n) is 12.7. The lowest BCUT2D eigenvalue weighted by atomic mass is 10.1. The summed E-state index contributed by atoms with van der Waals surface area (Å²) >= 11 is 0. The Hall–Kier alpha value is -1.46. The second-order valence-corrected chi connectivity index (χ2v) is 5.99. The van der Waals surface area contributed by atoms with Gasteiger partial charge in [0.25, 0.3) is 0 Å². The average molecular weight is 273 g/mol. The van der Waals surface area contributed by atoms with Gasteiger partial charge in [-0.25, -0.2) is 9.50 Å². The van der Waals surface area contributed by atoms with Crippen LogP contribution in [-0.4, -0.2) is 45.7 Å². The van der Waals surface area contributed by atoms with Gasteiger partial charge in [-0.2, -0.15) is 5.10 Å². The summed E-state index contributed by atoms with van der Waals surface area (Å²) in [5.74, 6) is 0. The molecule has 1 saturated heterocycles. The average Bonchev–Trinajstić information content (AvgIpc) is 2.95. The highest BCUT2D eigenvalue weighted by atomic mass is 15.3. The first-order valence-electron chi connectivity index (χ1n) is 7.31. The van der Waals surface area contributed by atoms with E-state index in [0.717, 1.165) is 17.9 Å². The third-order valence-corrected chi connectivity index (χ3v) is 4.23. The van der Waals surface area contributed by atoms with Gasteiger partial charge in [0, 0.05) is 42.1 Å². The Morgan fingerprint density at radius 1 is 1.40 bits per heavy atom. The minimum Gasteiger partial charge on any atom is -0.306 e. The summed E-state index contributed by atoms with van der Waals surface area (Å²) in [6.07, 6.45) is 3.21. The molecule has 0 radical (unpaired) electrons. The van der Waals surface area contributed by atoms with Gasteiger partial charge < -0.3 is 10.2 Å². The third-order valence-electron chi connectivity index (χ3n) is 4.23. The van der Waals surface area contributed by atoms with Gasteiger partial charge >= 0.3 is 0 Å². The minimum atomic E-state index is 0.299. The molecule has 1 N–H and O–H groups in total. The van der Waals surface area contributed by atoms with Crippen LogP contribution >= 0.6 is 0 Å². The van der Waals surface area contributed by atoms with Crippen molar-refractivity contribution in [2.45, 2.75) is 39.3 Å². The maximum atomic E-state index is 4.52. The van der Waals surface area contributed by atoms with Crippen LogP contribution in [0.4, 0.5) is 0 Å². The molecule has 0 bridgehead atoms.